The van der Waals surface area contributed by atoms with Gasteiger partial charge >= 0.3 is 0 Å². The van der Waals surface area contributed by atoms with Crippen molar-refractivity contribution in [3.05, 3.63) is 493 Å². The van der Waals surface area contributed by atoms with Crippen LogP contribution >= 0.6 is 0 Å². The molecule has 0 amide bonds. The minimum absolute atomic E-state index is 0.555. The standard InChI is InChI=1S/2C60H37N3O/c1-3-17-38(18-4-1)52-37-53(63-59(62-52)39-19-5-2-6-20-39)42-23-15-21-40(35-42)41-22-16-24-43(36-41)58-46-33-34-50-57(56(46)45-26-8-12-30-51(45)61-58)44-25-7-9-27-47(44)60(50)48-28-10-13-31-54(48)64-55-32-14-11-29-49(55)60;1-3-16-39(17-4-1)52-37-53(63-59(62-52)41-18-5-2-6-19-41)40-32-30-38(31-33-40)42-20-15-21-43(36-42)58-46-34-35-50-57(56(46)45-23-8-12-27-51(45)61-58)44-22-7-9-24-47(44)60(50)48-25-10-13-28-54(48)64-55-29-14-11-26-49(55)60/h2*1-37H. The third-order valence-corrected chi connectivity index (χ3v) is 26.3. The summed E-state index contributed by atoms with van der Waals surface area (Å²) in [4.78, 5) is 31.1. The number of hydrogen-bond acceptors (Lipinski definition) is 8. The highest BCUT2D eigenvalue weighted by molar-refractivity contribution is 6.21. The molecule has 26 rings (SSSR count). The normalized spacial score (nSPS) is 12.9. The Morgan fingerprint density at radius 1 is 0.172 bits per heavy atom. The van der Waals surface area contributed by atoms with Gasteiger partial charge in [0, 0.05) is 99.1 Å². The van der Waals surface area contributed by atoms with Crippen LogP contribution in [0.5, 0.6) is 23.0 Å². The Bertz CT molecular complexity index is 8060. The fourth-order valence-corrected chi connectivity index (χ4v) is 20.7. The predicted octanol–water partition coefficient (Wildman–Crippen LogP) is 30.0. The number of rotatable bonds is 10. The van der Waals surface area contributed by atoms with Crippen LogP contribution in [0.15, 0.2) is 449 Å². The molecular weight excluding hydrogens is 1560 g/mol. The molecule has 4 aromatic heterocycles. The summed E-state index contributed by atoms with van der Waals surface area (Å²) in [5.41, 5.74) is 33.6. The number of ether oxygens (including phenoxy) is 2. The van der Waals surface area contributed by atoms with E-state index in [1.165, 1.54) is 55.3 Å². The van der Waals surface area contributed by atoms with Crippen molar-refractivity contribution in [3.63, 3.8) is 0 Å². The predicted molar refractivity (Wildman–Crippen MR) is 519 cm³/mol. The van der Waals surface area contributed by atoms with E-state index in [0.29, 0.717) is 11.6 Å². The van der Waals surface area contributed by atoms with Crippen molar-refractivity contribution >= 4 is 43.4 Å². The highest BCUT2D eigenvalue weighted by Crippen LogP contribution is 2.66. The lowest BCUT2D eigenvalue weighted by Gasteiger charge is -2.39. The first-order valence-electron chi connectivity index (χ1n) is 43.5. The van der Waals surface area contributed by atoms with Crippen LogP contribution < -0.4 is 9.47 Å². The first-order chi connectivity index (χ1) is 63.4. The van der Waals surface area contributed by atoms with Gasteiger partial charge in [0.05, 0.1) is 56.0 Å². The van der Waals surface area contributed by atoms with E-state index in [0.717, 1.165) is 179 Å². The van der Waals surface area contributed by atoms with E-state index in [9.17, 15) is 0 Å². The van der Waals surface area contributed by atoms with E-state index < -0.39 is 10.8 Å². The molecule has 8 nitrogen and oxygen atoms in total. The van der Waals surface area contributed by atoms with Crippen LogP contribution in [0.25, 0.3) is 178 Å². The van der Waals surface area contributed by atoms with Crippen molar-refractivity contribution < 1.29 is 9.47 Å². The molecule has 22 aromatic rings. The van der Waals surface area contributed by atoms with Gasteiger partial charge in [-0.1, -0.05) is 382 Å². The lowest BCUT2D eigenvalue weighted by atomic mass is 9.66. The minimum atomic E-state index is -0.561. The Morgan fingerprint density at radius 2 is 0.461 bits per heavy atom. The molecule has 0 atom stereocenters. The number of para-hydroxylation sites is 6. The molecule has 6 heterocycles. The van der Waals surface area contributed by atoms with Crippen molar-refractivity contribution in [1.82, 2.24) is 29.9 Å². The molecule has 2 aliphatic carbocycles. The van der Waals surface area contributed by atoms with Crippen molar-refractivity contribution in [3.8, 4) is 158 Å². The van der Waals surface area contributed by atoms with Gasteiger partial charge < -0.3 is 9.47 Å². The summed E-state index contributed by atoms with van der Waals surface area (Å²) in [5, 5.41) is 6.94. The molecule has 0 unspecified atom stereocenters. The summed E-state index contributed by atoms with van der Waals surface area (Å²) in [6.45, 7) is 0. The van der Waals surface area contributed by atoms with Crippen molar-refractivity contribution in [2.75, 3.05) is 0 Å². The third-order valence-electron chi connectivity index (χ3n) is 26.3. The molecule has 0 bridgehead atoms. The summed E-state index contributed by atoms with van der Waals surface area (Å²) < 4.78 is 13.3. The minimum Gasteiger partial charge on any atom is -0.457 e. The van der Waals surface area contributed by atoms with E-state index in [1.54, 1.807) is 0 Å². The summed E-state index contributed by atoms with van der Waals surface area (Å²) in [6, 6.07) is 159. The summed E-state index contributed by atoms with van der Waals surface area (Å²) in [5.74, 6) is 4.95. The largest absolute Gasteiger partial charge is 0.457 e. The van der Waals surface area contributed by atoms with Crippen molar-refractivity contribution in [1.29, 1.82) is 0 Å². The fourth-order valence-electron chi connectivity index (χ4n) is 20.7. The van der Waals surface area contributed by atoms with Crippen LogP contribution in [-0.2, 0) is 10.8 Å². The van der Waals surface area contributed by atoms with Gasteiger partial charge in [-0.2, -0.15) is 0 Å². The summed E-state index contributed by atoms with van der Waals surface area (Å²) in [6.07, 6.45) is 0. The molecular formula is C120H74N6O2. The van der Waals surface area contributed by atoms with Gasteiger partial charge in [0.1, 0.15) is 23.0 Å². The van der Waals surface area contributed by atoms with E-state index in [-0.39, 0.29) is 0 Å². The van der Waals surface area contributed by atoms with Crippen LogP contribution in [0.1, 0.15) is 44.5 Å². The molecule has 128 heavy (non-hydrogen) atoms. The zero-order chi connectivity index (χ0) is 84.4. The van der Waals surface area contributed by atoms with Crippen LogP contribution in [0.2, 0.25) is 0 Å². The smallest absolute Gasteiger partial charge is 0.160 e. The molecule has 0 saturated heterocycles. The molecule has 4 aliphatic rings. The van der Waals surface area contributed by atoms with Crippen molar-refractivity contribution in [2.45, 2.75) is 10.8 Å². The van der Waals surface area contributed by atoms with Crippen LogP contribution in [0.3, 0.4) is 0 Å². The first kappa shape index (κ1) is 73.8. The maximum atomic E-state index is 6.64. The maximum Gasteiger partial charge on any atom is 0.160 e. The quantitative estimate of drug-likeness (QED) is 0.125. The highest BCUT2D eigenvalue weighted by Gasteiger charge is 2.53. The SMILES string of the molecule is c1ccc(-c2cc(-c3ccc(-c4cccc(-c5nc6ccccc6c6c7c(ccc56)C5(c6ccccc6Oc6ccccc65)c5ccccc5-7)c4)cc3)nc(-c3ccccc3)n2)cc1.c1ccc(-c2cc(-c3cccc(-c4cccc(-c5nc6ccccc6c6c7c(ccc56)C5(c6ccccc6Oc6ccccc65)c5ccccc5-7)c4)c3)nc(-c3ccccc3)n2)cc1. The number of benzene rings is 18. The Labute approximate surface area is 739 Å². The zero-order valence-electron chi connectivity index (χ0n) is 69.2. The molecule has 596 valence electrons. The monoisotopic (exact) mass is 1630 g/mol. The molecule has 0 N–H and O–H groups in total. The Balaban J connectivity index is 0.000000139. The fraction of sp³-hybridized carbons (Fsp3) is 0.0167. The van der Waals surface area contributed by atoms with Crippen LogP contribution in [0, 0.1) is 0 Å². The third kappa shape index (κ3) is 11.8. The molecule has 2 spiro atoms. The van der Waals surface area contributed by atoms with Gasteiger partial charge in [0.25, 0.3) is 0 Å². The first-order valence-corrected chi connectivity index (χ1v) is 43.5. The number of pyridine rings is 2. The van der Waals surface area contributed by atoms with Gasteiger partial charge in [0.15, 0.2) is 11.6 Å². The van der Waals surface area contributed by atoms with E-state index in [4.69, 9.17) is 39.4 Å². The van der Waals surface area contributed by atoms with Gasteiger partial charge in [0.2, 0.25) is 0 Å². The van der Waals surface area contributed by atoms with E-state index in [2.05, 4.69) is 376 Å². The Hall–Kier alpha value is -16.9. The summed E-state index contributed by atoms with van der Waals surface area (Å²) >= 11 is 0. The lowest BCUT2D eigenvalue weighted by molar-refractivity contribution is 0.436. The average Bonchev–Trinajstić information content (AvgIpc) is 1.51. The number of fused-ring (bicyclic) bond motifs is 26. The van der Waals surface area contributed by atoms with Crippen LogP contribution in [0.4, 0.5) is 0 Å². The lowest BCUT2D eigenvalue weighted by Crippen LogP contribution is -2.32. The second-order valence-corrected chi connectivity index (χ2v) is 33.3. The average molecular weight is 1630 g/mol. The zero-order valence-corrected chi connectivity index (χ0v) is 69.2. The topological polar surface area (TPSA) is 95.8 Å². The molecule has 0 radical (unpaired) electrons. The molecule has 0 saturated carbocycles. The molecule has 8 heteroatoms. The highest BCUT2D eigenvalue weighted by atomic mass is 16.5. The molecule has 0 fully saturated rings. The number of hydrogen-bond donors (Lipinski definition) is 0. The molecule has 2 aliphatic heterocycles. The maximum absolute atomic E-state index is 6.64. The van der Waals surface area contributed by atoms with E-state index in [1.807, 2.05) is 72.8 Å². The van der Waals surface area contributed by atoms with E-state index >= 15 is 0 Å². The van der Waals surface area contributed by atoms with Gasteiger partial charge in [-0.3, -0.25) is 0 Å². The van der Waals surface area contributed by atoms with Crippen LogP contribution in [-0.4, -0.2) is 29.9 Å². The van der Waals surface area contributed by atoms with Gasteiger partial charge in [-0.15, -0.1) is 0 Å². The Kier molecular flexibility index (Phi) is 17.3. The van der Waals surface area contributed by atoms with Gasteiger partial charge in [-0.25, -0.2) is 29.9 Å². The van der Waals surface area contributed by atoms with Crippen molar-refractivity contribution in [2.24, 2.45) is 0 Å². The Morgan fingerprint density at radius 3 is 0.867 bits per heavy atom. The number of aromatic nitrogens is 6. The second-order valence-electron chi connectivity index (χ2n) is 33.3. The summed E-state index contributed by atoms with van der Waals surface area (Å²) in [7, 11) is 0. The van der Waals surface area contributed by atoms with Gasteiger partial charge in [-0.05, 0) is 133 Å². The molecule has 18 aromatic carbocycles. The second kappa shape index (κ2) is 30.0. The number of nitrogens with zero attached hydrogens (tertiary/aromatic N) is 6.